The van der Waals surface area contributed by atoms with Crippen LogP contribution in [0.1, 0.15) is 105 Å². The maximum Gasteiger partial charge on any atom is 0.335 e. The Morgan fingerprint density at radius 2 is 1.43 bits per heavy atom. The topological polar surface area (TPSA) is 350 Å². The van der Waals surface area contributed by atoms with E-state index in [-0.39, 0.29) is 120 Å². The molecule has 2 fully saturated rings. The van der Waals surface area contributed by atoms with Crippen molar-refractivity contribution in [3.05, 3.63) is 70.1 Å². The standard InChI is InChI=1S/C55H64N4O21S/c1-74-37-23-32-27-58(28-33(32)24-40(37)77-20-6-19-76-39-22-31-25-42(35(60)9-14-48(66)67)81-41(31)26-38(39)75-2)45(63)13-15-49(68)78-29-30-8-10-36(79-55-52(71)50(69)51(70)53(80-55)54(72)73)34(21-30)57-44(62)16-17-56-43(61)7-4-3-5-18-59-46(64)11-12-47(59)65/h8,10,21-26,50-53,55,69-71H,3-7,9,11-20,27-29H2,1-2H3,(H,56,61)(H,57,62)(H,66,67)(H,72,73)/t50-,51-,52+,53-,55+/m0/s1/i11T/t11?,50-,51-,52+,53-,55+. The number of Topliss-reactive ketones (excluding diaryl/α,β-unsaturated/α-hetero) is 1. The molecule has 5 amide bonds. The number of likely N-dealkylation sites (tertiary alicyclic amines) is 1. The van der Waals surface area contributed by atoms with E-state index in [4.69, 9.17) is 39.6 Å². The lowest BCUT2D eigenvalue weighted by molar-refractivity contribution is -0.271. The molecule has 0 spiro atoms. The van der Waals surface area contributed by atoms with Gasteiger partial charge in [0.2, 0.25) is 35.8 Å². The zero-order valence-corrected chi connectivity index (χ0v) is 45.2. The van der Waals surface area contributed by atoms with Crippen LogP contribution >= 0.6 is 11.3 Å². The van der Waals surface area contributed by atoms with Crippen LogP contribution in [-0.2, 0) is 67.5 Å². The third-order valence-electron chi connectivity index (χ3n) is 13.3. The number of aliphatic hydroxyl groups excluding tert-OH is 3. The molecule has 3 aliphatic heterocycles. The van der Waals surface area contributed by atoms with Crippen molar-refractivity contribution in [2.24, 2.45) is 0 Å². The van der Waals surface area contributed by atoms with E-state index in [0.717, 1.165) is 26.1 Å². The number of carboxylic acid groups (broad SMARTS) is 2. The number of nitrogens with one attached hydrogen (secondary N) is 2. The highest BCUT2D eigenvalue weighted by molar-refractivity contribution is 7.20. The first-order chi connectivity index (χ1) is 39.2. The number of hydrogen-bond donors (Lipinski definition) is 7. The van der Waals surface area contributed by atoms with Gasteiger partial charge in [-0.2, -0.15) is 0 Å². The number of thiophene rings is 1. The number of amides is 5. The van der Waals surface area contributed by atoms with Crippen LogP contribution in [0.4, 0.5) is 5.69 Å². The molecule has 3 aromatic carbocycles. The maximum atomic E-state index is 13.4. The number of methoxy groups -OCH3 is 2. The van der Waals surface area contributed by atoms with Crippen LogP contribution in [-0.4, -0.2) is 160 Å². The van der Waals surface area contributed by atoms with Gasteiger partial charge in [0.25, 0.3) is 0 Å². The monoisotopic (exact) mass is 1150 g/mol. The molecule has 0 aliphatic carbocycles. The number of fused-ring (bicyclic) bond motifs is 2. The summed E-state index contributed by atoms with van der Waals surface area (Å²) in [4.78, 5) is 114. The van der Waals surface area contributed by atoms with Crippen molar-refractivity contribution in [3.63, 3.8) is 0 Å². The number of nitrogens with zero attached hydrogens (tertiary/aromatic N) is 2. The Hall–Kier alpha value is -7.91. The van der Waals surface area contributed by atoms with Crippen molar-refractivity contribution in [2.45, 2.75) is 127 Å². The molecule has 6 atom stereocenters. The van der Waals surface area contributed by atoms with Gasteiger partial charge in [0.1, 0.15) is 30.7 Å². The van der Waals surface area contributed by atoms with Crippen LogP contribution in [0.2, 0.25) is 0 Å². The minimum Gasteiger partial charge on any atom is -0.493 e. The molecule has 2 saturated heterocycles. The van der Waals surface area contributed by atoms with Gasteiger partial charge in [-0.3, -0.25) is 43.3 Å². The minimum atomic E-state index is -2.00. The number of aliphatic hydroxyl groups is 3. The second-order valence-electron chi connectivity index (χ2n) is 19.1. The highest BCUT2D eigenvalue weighted by atomic mass is 32.1. The minimum absolute atomic E-state index is 0.0723. The fourth-order valence-electron chi connectivity index (χ4n) is 8.92. The zero-order chi connectivity index (χ0) is 59.2. The van der Waals surface area contributed by atoms with E-state index in [1.54, 1.807) is 35.2 Å². The molecule has 4 aromatic rings. The lowest BCUT2D eigenvalue weighted by Crippen LogP contribution is -2.61. The second kappa shape index (κ2) is 28.5. The van der Waals surface area contributed by atoms with Gasteiger partial charge in [-0.05, 0) is 71.3 Å². The van der Waals surface area contributed by atoms with Gasteiger partial charge in [0, 0.05) is 83.2 Å². The highest BCUT2D eigenvalue weighted by Gasteiger charge is 2.48. The van der Waals surface area contributed by atoms with E-state index >= 15 is 0 Å². The molecule has 0 saturated carbocycles. The molecule has 7 rings (SSSR count). The Morgan fingerprint density at radius 1 is 0.728 bits per heavy atom. The number of aliphatic carboxylic acids is 2. The zero-order valence-electron chi connectivity index (χ0n) is 45.4. The van der Waals surface area contributed by atoms with E-state index in [1.807, 2.05) is 0 Å². The number of carbonyl (C=O) groups excluding carboxylic acids is 7. The number of esters is 1. The molecule has 26 heteroatoms. The van der Waals surface area contributed by atoms with Crippen molar-refractivity contribution >= 4 is 80.3 Å². The van der Waals surface area contributed by atoms with Gasteiger partial charge < -0.3 is 74.2 Å². The van der Waals surface area contributed by atoms with Gasteiger partial charge in [-0.25, -0.2) is 4.79 Å². The van der Waals surface area contributed by atoms with Crippen LogP contribution in [0, 0.1) is 0 Å². The molecule has 81 heavy (non-hydrogen) atoms. The molecule has 3 aliphatic rings. The van der Waals surface area contributed by atoms with Gasteiger partial charge >= 0.3 is 17.9 Å². The smallest absolute Gasteiger partial charge is 0.335 e. The lowest BCUT2D eigenvalue weighted by atomic mass is 9.99. The lowest BCUT2D eigenvalue weighted by Gasteiger charge is -2.38. The largest absolute Gasteiger partial charge is 0.493 e. The predicted molar refractivity (Wildman–Crippen MR) is 284 cm³/mol. The summed E-state index contributed by atoms with van der Waals surface area (Å²) in [7, 11) is 3.00. The fraction of sp³-hybridized carbons (Fsp3) is 0.473. The first-order valence-electron chi connectivity index (χ1n) is 26.6. The SMILES string of the molecule is [3H]C1CC(=O)N(CCCCCC(=O)NCCC(=O)Nc2cc(COC(=O)CCC(=O)N3Cc4cc(OC)c(OCCCOc5cc6cc(C(=O)CCC(=O)O)sc6cc5OC)cc4C3)ccc2O[C@@H]2O[C@H](C(=O)O)[C@@H](O)[C@H](O)[C@H]2O)C1=O. The van der Waals surface area contributed by atoms with E-state index in [2.05, 4.69) is 10.6 Å². The number of carbonyl (C=O) groups is 9. The summed E-state index contributed by atoms with van der Waals surface area (Å²) in [5.74, 6) is -4.29. The first kappa shape index (κ1) is 59.2. The van der Waals surface area contributed by atoms with E-state index in [9.17, 15) is 63.6 Å². The number of rotatable bonds is 30. The maximum absolute atomic E-state index is 13.4. The van der Waals surface area contributed by atoms with Crippen molar-refractivity contribution < 1.29 is 103 Å². The van der Waals surface area contributed by atoms with Gasteiger partial charge in [-0.15, -0.1) is 11.3 Å². The fourth-order valence-corrected chi connectivity index (χ4v) is 9.97. The molecular formula is C55H64N4O21S. The average molecular weight is 1150 g/mol. The molecule has 4 heterocycles. The molecule has 0 radical (unpaired) electrons. The Kier molecular flexibility index (Phi) is 20.8. The first-order valence-corrected chi connectivity index (χ1v) is 26.9. The summed E-state index contributed by atoms with van der Waals surface area (Å²) in [6.07, 6.45) is -10.1. The number of carboxylic acids is 2. The van der Waals surface area contributed by atoms with E-state index in [1.165, 1.54) is 43.8 Å². The number of anilines is 1. The number of benzene rings is 3. The molecule has 1 aromatic heterocycles. The van der Waals surface area contributed by atoms with E-state index in [0.29, 0.717) is 59.1 Å². The Labute approximate surface area is 469 Å². The molecule has 25 nitrogen and oxygen atoms in total. The number of ether oxygens (including phenoxy) is 7. The number of ketones is 1. The molecular weight excluding hydrogens is 1080 g/mol. The van der Waals surface area contributed by atoms with Gasteiger partial charge in [0.15, 0.2) is 34.9 Å². The summed E-state index contributed by atoms with van der Waals surface area (Å²) in [5, 5.41) is 55.6. The molecule has 436 valence electrons. The van der Waals surface area contributed by atoms with Gasteiger partial charge in [0.05, 0.1) is 50.8 Å². The third-order valence-corrected chi connectivity index (χ3v) is 14.4. The summed E-state index contributed by atoms with van der Waals surface area (Å²) in [5.41, 5.74) is 1.88. The molecule has 7 N–H and O–H groups in total. The van der Waals surface area contributed by atoms with Crippen LogP contribution < -0.4 is 34.3 Å². The predicted octanol–water partition coefficient (Wildman–Crippen LogP) is 3.60. The number of hydrogen-bond acceptors (Lipinski definition) is 20. The van der Waals surface area contributed by atoms with Crippen LogP contribution in [0.5, 0.6) is 28.7 Å². The summed E-state index contributed by atoms with van der Waals surface area (Å²) >= 11 is 1.25. The highest BCUT2D eigenvalue weighted by Crippen LogP contribution is 2.39. The van der Waals surface area contributed by atoms with Crippen molar-refractivity contribution in [2.75, 3.05) is 45.8 Å². The normalized spacial score (nSPS) is 19.6. The third kappa shape index (κ3) is 16.4. The van der Waals surface area contributed by atoms with E-state index < -0.39 is 72.7 Å². The van der Waals surface area contributed by atoms with Crippen LogP contribution in [0.25, 0.3) is 10.1 Å². The molecule has 0 bridgehead atoms. The molecule has 1 unspecified atom stereocenters. The summed E-state index contributed by atoms with van der Waals surface area (Å²) in [6, 6.07) is 12.9. The second-order valence-corrected chi connectivity index (χ2v) is 20.2. The number of imide groups is 1. The Balaban J connectivity index is 0.872. The number of unbranched alkanes of at least 4 members (excludes halogenated alkanes) is 2. The summed E-state index contributed by atoms with van der Waals surface area (Å²) < 4.78 is 48.1. The average Bonchev–Trinajstić information content (AvgIpc) is 4.16. The Bertz CT molecular complexity index is 3040. The summed E-state index contributed by atoms with van der Waals surface area (Å²) in [6.45, 7) is 0.699. The van der Waals surface area contributed by atoms with Crippen molar-refractivity contribution in [1.82, 2.24) is 15.1 Å². The van der Waals surface area contributed by atoms with Crippen LogP contribution in [0.15, 0.2) is 48.5 Å². The van der Waals surface area contributed by atoms with Crippen LogP contribution in [0.3, 0.4) is 0 Å². The van der Waals surface area contributed by atoms with Crippen molar-refractivity contribution in [3.8, 4) is 28.7 Å². The van der Waals surface area contributed by atoms with Crippen molar-refractivity contribution in [1.29, 1.82) is 0 Å². The van der Waals surface area contributed by atoms with Gasteiger partial charge in [-0.1, -0.05) is 12.5 Å². The quantitative estimate of drug-likeness (QED) is 0.0170. The Morgan fingerprint density at radius 3 is 2.11 bits per heavy atom.